The van der Waals surface area contributed by atoms with Gasteiger partial charge in [0.05, 0.1) is 5.69 Å². The molecule has 0 aliphatic carbocycles. The predicted molar refractivity (Wildman–Crippen MR) is 91.7 cm³/mol. The number of thiazole rings is 1. The van der Waals surface area contributed by atoms with E-state index in [1.165, 1.54) is 5.38 Å². The number of amides is 2. The molecule has 10 heteroatoms. The van der Waals surface area contributed by atoms with Crippen molar-refractivity contribution in [3.8, 4) is 0 Å². The van der Waals surface area contributed by atoms with Crippen molar-refractivity contribution in [2.45, 2.75) is 58.8 Å². The number of aliphatic carboxylic acids is 1. The number of alkyl carbamates (subject to hydrolysis) is 1. The number of nitrogens with zero attached hydrogens (tertiary/aromatic N) is 1. The van der Waals surface area contributed by atoms with E-state index in [9.17, 15) is 19.5 Å². The number of carbonyl (C=O) groups excluding carboxylic acids is 2. The molecule has 1 aromatic rings. The molecule has 2 amide bonds. The van der Waals surface area contributed by atoms with E-state index in [0.717, 1.165) is 11.3 Å². The van der Waals surface area contributed by atoms with E-state index in [0.29, 0.717) is 0 Å². The van der Waals surface area contributed by atoms with Gasteiger partial charge in [-0.2, -0.15) is 0 Å². The summed E-state index contributed by atoms with van der Waals surface area (Å²) < 4.78 is 10.1. The zero-order valence-electron chi connectivity index (χ0n) is 15.0. The van der Waals surface area contributed by atoms with E-state index in [4.69, 9.17) is 9.47 Å². The normalized spacial score (nSPS) is 12.9. The summed E-state index contributed by atoms with van der Waals surface area (Å²) in [6, 6.07) is -1.40. The zero-order valence-corrected chi connectivity index (χ0v) is 15.8. The lowest BCUT2D eigenvalue weighted by atomic mass is 10.2. The summed E-state index contributed by atoms with van der Waals surface area (Å²) in [4.78, 5) is 38.9. The number of ether oxygens (including phenoxy) is 2. The summed E-state index contributed by atoms with van der Waals surface area (Å²) in [5, 5.41) is 15.5. The summed E-state index contributed by atoms with van der Waals surface area (Å²) in [5.41, 5.74) is -1.38. The minimum atomic E-state index is -1.40. The van der Waals surface area contributed by atoms with Crippen molar-refractivity contribution in [1.29, 1.82) is 0 Å². The minimum absolute atomic E-state index is 0.0643. The fraction of sp³-hybridized carbons (Fsp3) is 0.600. The van der Waals surface area contributed by atoms with Gasteiger partial charge in [-0.25, -0.2) is 19.4 Å². The van der Waals surface area contributed by atoms with Gasteiger partial charge in [-0.05, 0) is 41.5 Å². The first-order valence-electron chi connectivity index (χ1n) is 7.44. The van der Waals surface area contributed by atoms with Gasteiger partial charge in [0.15, 0.2) is 11.2 Å². The fourth-order valence-electron chi connectivity index (χ4n) is 1.55. The Bertz CT molecular complexity index is 644. The standard InChI is InChI=1S/C15H23N3O6S/c1-14(2,3)23-12(21)17-9(10(19)20)8-7-25-11(16-8)18-13(22)24-15(4,5)6/h7,9H,1-6H3,(H,17,21)(H,19,20)(H,16,18,22). The van der Waals surface area contributed by atoms with E-state index in [1.807, 2.05) is 0 Å². The second-order valence-electron chi connectivity index (χ2n) is 7.12. The largest absolute Gasteiger partial charge is 0.479 e. The molecule has 140 valence electrons. The minimum Gasteiger partial charge on any atom is -0.479 e. The van der Waals surface area contributed by atoms with Crippen LogP contribution in [0.25, 0.3) is 0 Å². The van der Waals surface area contributed by atoms with Crippen LogP contribution in [0.1, 0.15) is 53.3 Å². The van der Waals surface area contributed by atoms with Gasteiger partial charge in [-0.3, -0.25) is 5.32 Å². The first-order valence-corrected chi connectivity index (χ1v) is 8.32. The molecule has 1 rings (SSSR count). The fourth-order valence-corrected chi connectivity index (χ4v) is 2.28. The Morgan fingerprint density at radius 3 is 2.08 bits per heavy atom. The lowest BCUT2D eigenvalue weighted by Crippen LogP contribution is -2.38. The van der Waals surface area contributed by atoms with Crippen molar-refractivity contribution < 1.29 is 29.0 Å². The van der Waals surface area contributed by atoms with Crippen LogP contribution in [0.15, 0.2) is 5.38 Å². The van der Waals surface area contributed by atoms with Gasteiger partial charge in [0.25, 0.3) is 0 Å². The Labute approximate surface area is 149 Å². The second kappa shape index (κ2) is 7.68. The Kier molecular flexibility index (Phi) is 6.36. The first kappa shape index (κ1) is 20.7. The number of anilines is 1. The number of carboxylic acid groups (broad SMARTS) is 1. The topological polar surface area (TPSA) is 127 Å². The van der Waals surface area contributed by atoms with E-state index < -0.39 is 35.4 Å². The highest BCUT2D eigenvalue weighted by Gasteiger charge is 2.28. The molecule has 25 heavy (non-hydrogen) atoms. The number of hydrogen-bond donors (Lipinski definition) is 3. The molecule has 3 N–H and O–H groups in total. The molecule has 0 radical (unpaired) electrons. The number of rotatable bonds is 4. The van der Waals surface area contributed by atoms with Gasteiger partial charge < -0.3 is 19.9 Å². The highest BCUT2D eigenvalue weighted by molar-refractivity contribution is 7.13. The average Bonchev–Trinajstić information content (AvgIpc) is 2.78. The van der Waals surface area contributed by atoms with Gasteiger partial charge in [0, 0.05) is 5.38 Å². The maximum absolute atomic E-state index is 11.8. The molecular weight excluding hydrogens is 350 g/mol. The summed E-state index contributed by atoms with van der Waals surface area (Å²) >= 11 is 1.01. The number of aromatic nitrogens is 1. The van der Waals surface area contributed by atoms with Crippen LogP contribution < -0.4 is 10.6 Å². The Morgan fingerprint density at radius 1 is 1.08 bits per heavy atom. The molecule has 1 aromatic heterocycles. The molecule has 0 aromatic carbocycles. The van der Waals surface area contributed by atoms with Crippen LogP contribution in [0.2, 0.25) is 0 Å². The predicted octanol–water partition coefficient (Wildman–Crippen LogP) is 3.14. The summed E-state index contributed by atoms with van der Waals surface area (Å²) in [6.45, 7) is 10.1. The summed E-state index contributed by atoms with van der Waals surface area (Å²) in [5.74, 6) is -1.31. The second-order valence-corrected chi connectivity index (χ2v) is 7.98. The van der Waals surface area contributed by atoms with E-state index in [1.54, 1.807) is 41.5 Å². The molecule has 9 nitrogen and oxygen atoms in total. The number of hydrogen-bond acceptors (Lipinski definition) is 7. The monoisotopic (exact) mass is 373 g/mol. The maximum atomic E-state index is 11.8. The highest BCUT2D eigenvalue weighted by Crippen LogP contribution is 2.22. The van der Waals surface area contributed by atoms with E-state index in [2.05, 4.69) is 15.6 Å². The van der Waals surface area contributed by atoms with Crippen molar-refractivity contribution >= 4 is 34.6 Å². The van der Waals surface area contributed by atoms with E-state index in [-0.39, 0.29) is 10.8 Å². The number of nitrogens with one attached hydrogen (secondary N) is 2. The van der Waals surface area contributed by atoms with Gasteiger partial charge in [0.1, 0.15) is 11.2 Å². The number of carbonyl (C=O) groups is 3. The van der Waals surface area contributed by atoms with Crippen LogP contribution in [0.5, 0.6) is 0 Å². The van der Waals surface area contributed by atoms with Crippen LogP contribution in [-0.2, 0) is 14.3 Å². The average molecular weight is 373 g/mol. The van der Waals surface area contributed by atoms with Gasteiger partial charge in [-0.15, -0.1) is 11.3 Å². The molecule has 0 aliphatic heterocycles. The summed E-state index contributed by atoms with van der Waals surface area (Å²) in [7, 11) is 0. The van der Waals surface area contributed by atoms with Gasteiger partial charge >= 0.3 is 18.2 Å². The molecular formula is C15H23N3O6S. The highest BCUT2D eigenvalue weighted by atomic mass is 32.1. The van der Waals surface area contributed by atoms with Crippen molar-refractivity contribution in [3.63, 3.8) is 0 Å². The van der Waals surface area contributed by atoms with Crippen LogP contribution in [-0.4, -0.2) is 39.4 Å². The Hall–Kier alpha value is -2.36. The van der Waals surface area contributed by atoms with Crippen molar-refractivity contribution in [1.82, 2.24) is 10.3 Å². The Morgan fingerprint density at radius 2 is 1.60 bits per heavy atom. The third-order valence-electron chi connectivity index (χ3n) is 2.33. The number of carboxylic acids is 1. The van der Waals surface area contributed by atoms with Crippen LogP contribution in [0, 0.1) is 0 Å². The van der Waals surface area contributed by atoms with Crippen LogP contribution in [0.3, 0.4) is 0 Å². The Balaban J connectivity index is 2.80. The van der Waals surface area contributed by atoms with Gasteiger partial charge in [0.2, 0.25) is 0 Å². The van der Waals surface area contributed by atoms with E-state index >= 15 is 0 Å². The van der Waals surface area contributed by atoms with Crippen LogP contribution in [0.4, 0.5) is 14.7 Å². The SMILES string of the molecule is CC(C)(C)OC(=O)Nc1nc(C(NC(=O)OC(C)(C)C)C(=O)O)cs1. The first-order chi connectivity index (χ1) is 11.3. The van der Waals surface area contributed by atoms with Gasteiger partial charge in [-0.1, -0.05) is 0 Å². The quantitative estimate of drug-likeness (QED) is 0.740. The summed E-state index contributed by atoms with van der Waals surface area (Å²) in [6.07, 6.45) is -1.59. The molecule has 0 saturated carbocycles. The smallest absolute Gasteiger partial charge is 0.413 e. The lowest BCUT2D eigenvalue weighted by Gasteiger charge is -2.21. The molecule has 1 atom stereocenters. The molecule has 0 saturated heterocycles. The lowest BCUT2D eigenvalue weighted by molar-refractivity contribution is -0.139. The third kappa shape index (κ3) is 7.84. The van der Waals surface area contributed by atoms with Crippen molar-refractivity contribution in [2.24, 2.45) is 0 Å². The maximum Gasteiger partial charge on any atom is 0.413 e. The van der Waals surface area contributed by atoms with Crippen LogP contribution >= 0.6 is 11.3 Å². The third-order valence-corrected chi connectivity index (χ3v) is 3.11. The molecule has 0 spiro atoms. The molecule has 1 unspecified atom stereocenters. The zero-order chi connectivity index (χ0) is 19.4. The molecule has 0 bridgehead atoms. The molecule has 0 aliphatic rings. The van der Waals surface area contributed by atoms with Crippen molar-refractivity contribution in [3.05, 3.63) is 11.1 Å². The molecule has 0 fully saturated rings. The molecule has 1 heterocycles. The van der Waals surface area contributed by atoms with Crippen molar-refractivity contribution in [2.75, 3.05) is 5.32 Å².